The summed E-state index contributed by atoms with van der Waals surface area (Å²) in [6, 6.07) is 9.04. The third kappa shape index (κ3) is 1.83. The molecule has 0 atom stereocenters. The molecular formula is C11H11N3O. The standard InChI is InChI=1S/C11H11N3O/c12-9-1-3-10(4-2-9)14-6-5-8(7-14)11(13)15/h1-7H,12H2,(H2,13,15). The largest absolute Gasteiger partial charge is 0.399 e. The molecule has 0 radical (unpaired) electrons. The maximum atomic E-state index is 10.9. The van der Waals surface area contributed by atoms with Gasteiger partial charge in [-0.1, -0.05) is 0 Å². The van der Waals surface area contributed by atoms with E-state index >= 15 is 0 Å². The lowest BCUT2D eigenvalue weighted by Crippen LogP contribution is -2.09. The number of benzene rings is 1. The van der Waals surface area contributed by atoms with Crippen LogP contribution in [0.5, 0.6) is 0 Å². The van der Waals surface area contributed by atoms with E-state index in [1.54, 1.807) is 30.6 Å². The van der Waals surface area contributed by atoms with Crippen LogP contribution >= 0.6 is 0 Å². The second kappa shape index (κ2) is 3.49. The number of rotatable bonds is 2. The Hall–Kier alpha value is -2.23. The van der Waals surface area contributed by atoms with E-state index in [1.807, 2.05) is 16.7 Å². The molecule has 1 aromatic carbocycles. The minimum Gasteiger partial charge on any atom is -0.399 e. The minimum absolute atomic E-state index is 0.427. The lowest BCUT2D eigenvalue weighted by atomic mass is 10.3. The van der Waals surface area contributed by atoms with E-state index in [4.69, 9.17) is 11.5 Å². The maximum absolute atomic E-state index is 10.9. The highest BCUT2D eigenvalue weighted by Crippen LogP contribution is 2.12. The number of nitrogens with two attached hydrogens (primary N) is 2. The third-order valence-corrected chi connectivity index (χ3v) is 2.17. The molecule has 0 fully saturated rings. The molecule has 1 heterocycles. The molecule has 1 aromatic heterocycles. The number of aromatic nitrogens is 1. The molecule has 2 rings (SSSR count). The van der Waals surface area contributed by atoms with Gasteiger partial charge in [-0.15, -0.1) is 0 Å². The van der Waals surface area contributed by atoms with Crippen LogP contribution in [-0.4, -0.2) is 10.5 Å². The average molecular weight is 201 g/mol. The first-order valence-electron chi connectivity index (χ1n) is 4.50. The van der Waals surface area contributed by atoms with E-state index in [0.717, 1.165) is 5.69 Å². The average Bonchev–Trinajstić information content (AvgIpc) is 2.68. The smallest absolute Gasteiger partial charge is 0.250 e. The van der Waals surface area contributed by atoms with Crippen molar-refractivity contribution < 1.29 is 4.79 Å². The number of carbonyl (C=O) groups excluding carboxylic acids is 1. The van der Waals surface area contributed by atoms with E-state index in [9.17, 15) is 4.79 Å². The van der Waals surface area contributed by atoms with Crippen LogP contribution in [0, 0.1) is 0 Å². The SMILES string of the molecule is NC(=O)c1ccn(-c2ccc(N)cc2)c1. The molecule has 4 heteroatoms. The summed E-state index contributed by atoms with van der Waals surface area (Å²) in [7, 11) is 0. The Morgan fingerprint density at radius 2 is 1.80 bits per heavy atom. The molecule has 0 saturated carbocycles. The van der Waals surface area contributed by atoms with Gasteiger partial charge in [0, 0.05) is 23.8 Å². The Balaban J connectivity index is 2.37. The van der Waals surface area contributed by atoms with Crippen LogP contribution in [0.3, 0.4) is 0 Å². The van der Waals surface area contributed by atoms with Crippen molar-refractivity contribution in [3.05, 3.63) is 48.3 Å². The van der Waals surface area contributed by atoms with Crippen molar-refractivity contribution in [3.8, 4) is 5.69 Å². The highest BCUT2D eigenvalue weighted by molar-refractivity contribution is 5.92. The number of hydrogen-bond donors (Lipinski definition) is 2. The van der Waals surface area contributed by atoms with Crippen LogP contribution in [0.25, 0.3) is 5.69 Å². The van der Waals surface area contributed by atoms with Crippen molar-refractivity contribution in [3.63, 3.8) is 0 Å². The summed E-state index contributed by atoms with van der Waals surface area (Å²) < 4.78 is 1.82. The van der Waals surface area contributed by atoms with E-state index in [1.165, 1.54) is 0 Å². The van der Waals surface area contributed by atoms with Gasteiger partial charge in [0.1, 0.15) is 0 Å². The van der Waals surface area contributed by atoms with Crippen LogP contribution in [0.15, 0.2) is 42.7 Å². The molecule has 1 amide bonds. The van der Waals surface area contributed by atoms with E-state index in [-0.39, 0.29) is 0 Å². The summed E-state index contributed by atoms with van der Waals surface area (Å²) in [4.78, 5) is 10.9. The van der Waals surface area contributed by atoms with Crippen LogP contribution < -0.4 is 11.5 Å². The first-order valence-corrected chi connectivity index (χ1v) is 4.50. The van der Waals surface area contributed by atoms with Crippen LogP contribution in [-0.2, 0) is 0 Å². The fraction of sp³-hybridized carbons (Fsp3) is 0. The Bertz CT molecular complexity index is 485. The molecule has 0 unspecified atom stereocenters. The molecule has 0 aliphatic heterocycles. The predicted molar refractivity (Wildman–Crippen MR) is 58.7 cm³/mol. The van der Waals surface area contributed by atoms with Gasteiger partial charge >= 0.3 is 0 Å². The Morgan fingerprint density at radius 1 is 1.13 bits per heavy atom. The fourth-order valence-electron chi connectivity index (χ4n) is 1.35. The number of carbonyl (C=O) groups is 1. The zero-order valence-electron chi connectivity index (χ0n) is 8.05. The van der Waals surface area contributed by atoms with Crippen molar-refractivity contribution in [2.45, 2.75) is 0 Å². The summed E-state index contributed by atoms with van der Waals surface area (Å²) in [5, 5.41) is 0. The quantitative estimate of drug-likeness (QED) is 0.715. The van der Waals surface area contributed by atoms with Crippen molar-refractivity contribution in [1.82, 2.24) is 4.57 Å². The predicted octanol–water partition coefficient (Wildman–Crippen LogP) is 1.16. The van der Waals surface area contributed by atoms with Gasteiger partial charge in [0.25, 0.3) is 0 Å². The second-order valence-electron chi connectivity index (χ2n) is 3.26. The maximum Gasteiger partial charge on any atom is 0.250 e. The van der Waals surface area contributed by atoms with Gasteiger partial charge in [0.05, 0.1) is 5.56 Å². The van der Waals surface area contributed by atoms with Gasteiger partial charge < -0.3 is 16.0 Å². The van der Waals surface area contributed by atoms with Gasteiger partial charge in [-0.3, -0.25) is 4.79 Å². The second-order valence-corrected chi connectivity index (χ2v) is 3.26. The zero-order chi connectivity index (χ0) is 10.8. The van der Waals surface area contributed by atoms with Gasteiger partial charge in [0.2, 0.25) is 5.91 Å². The highest BCUT2D eigenvalue weighted by atomic mass is 16.1. The monoisotopic (exact) mass is 201 g/mol. The normalized spacial score (nSPS) is 10.1. The van der Waals surface area contributed by atoms with Gasteiger partial charge in [-0.05, 0) is 30.3 Å². The molecule has 0 bridgehead atoms. The summed E-state index contributed by atoms with van der Waals surface area (Å²) >= 11 is 0. The van der Waals surface area contributed by atoms with Crippen LogP contribution in [0.4, 0.5) is 5.69 Å². The number of nitrogen functional groups attached to an aromatic ring is 1. The number of nitrogens with zero attached hydrogens (tertiary/aromatic N) is 1. The number of primary amides is 1. The molecule has 0 spiro atoms. The minimum atomic E-state index is -0.427. The summed E-state index contributed by atoms with van der Waals surface area (Å²) in [6.45, 7) is 0. The lowest BCUT2D eigenvalue weighted by Gasteiger charge is -2.02. The van der Waals surface area contributed by atoms with Gasteiger partial charge in [0.15, 0.2) is 0 Å². The molecule has 2 aromatic rings. The Kier molecular flexibility index (Phi) is 2.17. The molecular weight excluding hydrogens is 190 g/mol. The number of anilines is 1. The van der Waals surface area contributed by atoms with Gasteiger partial charge in [-0.25, -0.2) is 0 Å². The van der Waals surface area contributed by atoms with Crippen LogP contribution in [0.1, 0.15) is 10.4 Å². The first-order chi connectivity index (χ1) is 7.16. The summed E-state index contributed by atoms with van der Waals surface area (Å²) in [6.07, 6.45) is 3.47. The molecule has 0 aliphatic rings. The number of hydrogen-bond acceptors (Lipinski definition) is 2. The van der Waals surface area contributed by atoms with Crippen molar-refractivity contribution >= 4 is 11.6 Å². The molecule has 4 nitrogen and oxygen atoms in total. The molecule has 0 aliphatic carbocycles. The Labute approximate surface area is 87.1 Å². The molecule has 15 heavy (non-hydrogen) atoms. The fourth-order valence-corrected chi connectivity index (χ4v) is 1.35. The highest BCUT2D eigenvalue weighted by Gasteiger charge is 2.03. The first kappa shape index (κ1) is 9.33. The van der Waals surface area contributed by atoms with Crippen LogP contribution in [0.2, 0.25) is 0 Å². The van der Waals surface area contributed by atoms with E-state index in [2.05, 4.69) is 0 Å². The summed E-state index contributed by atoms with van der Waals surface area (Å²) in [5.74, 6) is -0.427. The number of amides is 1. The molecule has 4 N–H and O–H groups in total. The van der Waals surface area contributed by atoms with Gasteiger partial charge in [-0.2, -0.15) is 0 Å². The van der Waals surface area contributed by atoms with Crippen molar-refractivity contribution in [2.75, 3.05) is 5.73 Å². The summed E-state index contributed by atoms with van der Waals surface area (Å²) in [5.41, 5.74) is 12.9. The topological polar surface area (TPSA) is 74.0 Å². The zero-order valence-corrected chi connectivity index (χ0v) is 8.05. The Morgan fingerprint density at radius 3 is 2.33 bits per heavy atom. The molecule has 0 saturated heterocycles. The lowest BCUT2D eigenvalue weighted by molar-refractivity contribution is 0.100. The van der Waals surface area contributed by atoms with E-state index < -0.39 is 5.91 Å². The van der Waals surface area contributed by atoms with E-state index in [0.29, 0.717) is 11.3 Å². The third-order valence-electron chi connectivity index (χ3n) is 2.17. The molecule has 76 valence electrons. The van der Waals surface area contributed by atoms with Crippen molar-refractivity contribution in [1.29, 1.82) is 0 Å². The van der Waals surface area contributed by atoms with Crippen molar-refractivity contribution in [2.24, 2.45) is 5.73 Å².